The molecule has 7 nitrogen and oxygen atoms in total. The summed E-state index contributed by atoms with van der Waals surface area (Å²) < 4.78 is 0. The number of hydrogen-bond acceptors (Lipinski definition) is 4. The highest BCUT2D eigenvalue weighted by atomic mass is 35.5. The van der Waals surface area contributed by atoms with E-state index in [1.165, 1.54) is 12.1 Å². The SMILES string of the molecule is O=C(NCCCN1CCCCCC1=O)c1cc([N+](=O)[O-])ccc1Cl. The van der Waals surface area contributed by atoms with Gasteiger partial charge in [0.2, 0.25) is 5.91 Å². The number of hydrogen-bond donors (Lipinski definition) is 1. The van der Waals surface area contributed by atoms with E-state index in [1.807, 2.05) is 4.90 Å². The first-order chi connectivity index (χ1) is 11.5. The third kappa shape index (κ3) is 4.92. The molecule has 0 aromatic heterocycles. The lowest BCUT2D eigenvalue weighted by atomic mass is 10.2. The van der Waals surface area contributed by atoms with E-state index >= 15 is 0 Å². The van der Waals surface area contributed by atoms with Crippen molar-refractivity contribution in [2.75, 3.05) is 19.6 Å². The fourth-order valence-corrected chi connectivity index (χ4v) is 2.85. The van der Waals surface area contributed by atoms with Crippen LogP contribution in [0.5, 0.6) is 0 Å². The molecule has 1 aromatic rings. The Labute approximate surface area is 145 Å². The van der Waals surface area contributed by atoms with Gasteiger partial charge in [0.15, 0.2) is 0 Å². The van der Waals surface area contributed by atoms with Crippen LogP contribution in [0.4, 0.5) is 5.69 Å². The molecular weight excluding hydrogens is 334 g/mol. The average Bonchev–Trinajstić information content (AvgIpc) is 2.76. The standard InChI is InChI=1S/C16H20ClN3O4/c17-14-7-6-12(20(23)24)11-13(14)16(22)18-8-4-10-19-9-3-1-2-5-15(19)21/h6-7,11H,1-5,8-10H2,(H,18,22). The molecule has 0 unspecified atom stereocenters. The molecule has 24 heavy (non-hydrogen) atoms. The van der Waals surface area contributed by atoms with Crippen LogP contribution < -0.4 is 5.32 Å². The van der Waals surface area contributed by atoms with Crippen LogP contribution in [0, 0.1) is 10.1 Å². The van der Waals surface area contributed by atoms with Gasteiger partial charge in [-0.3, -0.25) is 19.7 Å². The summed E-state index contributed by atoms with van der Waals surface area (Å²) in [4.78, 5) is 36.0. The fraction of sp³-hybridized carbons (Fsp3) is 0.500. The molecule has 0 spiro atoms. The lowest BCUT2D eigenvalue weighted by Gasteiger charge is -2.20. The van der Waals surface area contributed by atoms with Crippen LogP contribution in [-0.4, -0.2) is 41.3 Å². The number of likely N-dealkylation sites (tertiary alicyclic amines) is 1. The predicted molar refractivity (Wildman–Crippen MR) is 90.1 cm³/mol. The molecule has 8 heteroatoms. The number of nitrogens with zero attached hydrogens (tertiary/aromatic N) is 2. The maximum absolute atomic E-state index is 12.1. The van der Waals surface area contributed by atoms with Crippen LogP contribution in [0.2, 0.25) is 5.02 Å². The van der Waals surface area contributed by atoms with Crippen molar-refractivity contribution in [2.24, 2.45) is 0 Å². The monoisotopic (exact) mass is 353 g/mol. The van der Waals surface area contributed by atoms with Gasteiger partial charge in [-0.2, -0.15) is 0 Å². The van der Waals surface area contributed by atoms with E-state index < -0.39 is 10.8 Å². The second-order valence-electron chi connectivity index (χ2n) is 5.72. The molecule has 0 saturated carbocycles. The Kier molecular flexibility index (Phi) is 6.54. The summed E-state index contributed by atoms with van der Waals surface area (Å²) in [5, 5.41) is 13.6. The van der Waals surface area contributed by atoms with Crippen molar-refractivity contribution in [3.05, 3.63) is 38.9 Å². The molecule has 2 amide bonds. The Balaban J connectivity index is 1.84. The van der Waals surface area contributed by atoms with Crippen molar-refractivity contribution in [1.82, 2.24) is 10.2 Å². The topological polar surface area (TPSA) is 92.6 Å². The zero-order chi connectivity index (χ0) is 17.5. The van der Waals surface area contributed by atoms with Crippen molar-refractivity contribution >= 4 is 29.1 Å². The molecule has 1 aliphatic heterocycles. The molecule has 0 bridgehead atoms. The quantitative estimate of drug-likeness (QED) is 0.483. The van der Waals surface area contributed by atoms with Crippen LogP contribution in [-0.2, 0) is 4.79 Å². The van der Waals surface area contributed by atoms with Crippen LogP contribution in [0.3, 0.4) is 0 Å². The van der Waals surface area contributed by atoms with E-state index in [-0.39, 0.29) is 22.2 Å². The third-order valence-electron chi connectivity index (χ3n) is 3.97. The number of rotatable bonds is 6. The minimum atomic E-state index is -0.571. The average molecular weight is 354 g/mol. The molecule has 1 heterocycles. The maximum atomic E-state index is 12.1. The van der Waals surface area contributed by atoms with E-state index in [9.17, 15) is 19.7 Å². The highest BCUT2D eigenvalue weighted by Crippen LogP contribution is 2.21. The van der Waals surface area contributed by atoms with E-state index in [0.29, 0.717) is 25.9 Å². The summed E-state index contributed by atoms with van der Waals surface area (Å²) in [6.07, 6.45) is 4.25. The number of carbonyl (C=O) groups excluding carboxylic acids is 2. The van der Waals surface area contributed by atoms with Crippen LogP contribution in [0.15, 0.2) is 18.2 Å². The first-order valence-electron chi connectivity index (χ1n) is 7.99. The van der Waals surface area contributed by atoms with Crippen molar-refractivity contribution in [3.8, 4) is 0 Å². The number of nitro benzene ring substituents is 1. The highest BCUT2D eigenvalue weighted by molar-refractivity contribution is 6.33. The minimum Gasteiger partial charge on any atom is -0.352 e. The van der Waals surface area contributed by atoms with Gasteiger partial charge in [0.25, 0.3) is 11.6 Å². The zero-order valence-electron chi connectivity index (χ0n) is 13.3. The van der Waals surface area contributed by atoms with Crippen LogP contribution >= 0.6 is 11.6 Å². The highest BCUT2D eigenvalue weighted by Gasteiger charge is 2.17. The molecule has 1 fully saturated rings. The lowest BCUT2D eigenvalue weighted by molar-refractivity contribution is -0.384. The van der Waals surface area contributed by atoms with Gasteiger partial charge in [-0.1, -0.05) is 18.0 Å². The molecular formula is C16H20ClN3O4. The van der Waals surface area contributed by atoms with Gasteiger partial charge in [0, 0.05) is 38.2 Å². The van der Waals surface area contributed by atoms with Crippen molar-refractivity contribution in [2.45, 2.75) is 32.1 Å². The first-order valence-corrected chi connectivity index (χ1v) is 8.37. The Morgan fingerprint density at radius 3 is 2.88 bits per heavy atom. The predicted octanol–water partition coefficient (Wildman–Crippen LogP) is 2.77. The van der Waals surface area contributed by atoms with Crippen LogP contribution in [0.25, 0.3) is 0 Å². The number of nitro groups is 1. The smallest absolute Gasteiger partial charge is 0.270 e. The molecule has 0 atom stereocenters. The summed E-state index contributed by atoms with van der Waals surface area (Å²) in [6.45, 7) is 1.74. The first kappa shape index (κ1) is 18.2. The lowest BCUT2D eigenvalue weighted by Crippen LogP contribution is -2.34. The van der Waals surface area contributed by atoms with E-state index in [1.54, 1.807) is 0 Å². The van der Waals surface area contributed by atoms with Gasteiger partial charge < -0.3 is 10.2 Å². The van der Waals surface area contributed by atoms with Crippen molar-refractivity contribution < 1.29 is 14.5 Å². The molecule has 2 rings (SSSR count). The molecule has 0 aliphatic carbocycles. The minimum absolute atomic E-state index is 0.0803. The van der Waals surface area contributed by atoms with Crippen molar-refractivity contribution in [1.29, 1.82) is 0 Å². The molecule has 0 radical (unpaired) electrons. The maximum Gasteiger partial charge on any atom is 0.270 e. The second kappa shape index (κ2) is 8.63. The van der Waals surface area contributed by atoms with E-state index in [4.69, 9.17) is 11.6 Å². The Bertz CT molecular complexity index is 636. The fourth-order valence-electron chi connectivity index (χ4n) is 2.64. The van der Waals surface area contributed by atoms with Gasteiger partial charge in [-0.25, -0.2) is 0 Å². The molecule has 1 saturated heterocycles. The summed E-state index contributed by atoms with van der Waals surface area (Å²) in [5.74, 6) is -0.286. The number of halogens is 1. The molecule has 130 valence electrons. The zero-order valence-corrected chi connectivity index (χ0v) is 14.1. The third-order valence-corrected chi connectivity index (χ3v) is 4.30. The summed E-state index contributed by atoms with van der Waals surface area (Å²) >= 11 is 5.93. The number of amides is 2. The number of nitrogens with one attached hydrogen (secondary N) is 1. The van der Waals surface area contributed by atoms with Crippen molar-refractivity contribution in [3.63, 3.8) is 0 Å². The Morgan fingerprint density at radius 2 is 2.12 bits per heavy atom. The van der Waals surface area contributed by atoms with Crippen LogP contribution in [0.1, 0.15) is 42.5 Å². The van der Waals surface area contributed by atoms with Gasteiger partial charge >= 0.3 is 0 Å². The number of carbonyl (C=O) groups is 2. The van der Waals surface area contributed by atoms with Gasteiger partial charge in [0.1, 0.15) is 0 Å². The van der Waals surface area contributed by atoms with E-state index in [0.717, 1.165) is 31.9 Å². The van der Waals surface area contributed by atoms with Gasteiger partial charge in [-0.05, 0) is 25.3 Å². The molecule has 1 aliphatic rings. The molecule has 1 aromatic carbocycles. The second-order valence-corrected chi connectivity index (χ2v) is 6.13. The normalized spacial score (nSPS) is 15.0. The summed E-state index contributed by atoms with van der Waals surface area (Å²) in [7, 11) is 0. The summed E-state index contributed by atoms with van der Waals surface area (Å²) in [5.41, 5.74) is -0.101. The summed E-state index contributed by atoms with van der Waals surface area (Å²) in [6, 6.07) is 3.75. The largest absolute Gasteiger partial charge is 0.352 e. The molecule has 1 N–H and O–H groups in total. The van der Waals surface area contributed by atoms with Gasteiger partial charge in [0.05, 0.1) is 15.5 Å². The van der Waals surface area contributed by atoms with Gasteiger partial charge in [-0.15, -0.1) is 0 Å². The Hall–Kier alpha value is -2.15. The Morgan fingerprint density at radius 1 is 1.33 bits per heavy atom. The van der Waals surface area contributed by atoms with E-state index in [2.05, 4.69) is 5.32 Å². The number of non-ortho nitro benzene ring substituents is 1. The number of benzene rings is 1.